The molecule has 5 nitrogen and oxygen atoms in total. The molecule has 7 heteroatoms. The van der Waals surface area contributed by atoms with Crippen LogP contribution in [-0.4, -0.2) is 31.7 Å². The van der Waals surface area contributed by atoms with Crippen molar-refractivity contribution in [3.8, 4) is 0 Å². The Morgan fingerprint density at radius 3 is 2.27 bits per heavy atom. The summed E-state index contributed by atoms with van der Waals surface area (Å²) < 4.78 is 28.9. The van der Waals surface area contributed by atoms with Crippen LogP contribution in [-0.2, 0) is 14.9 Å². The van der Waals surface area contributed by atoms with Gasteiger partial charge in [-0.1, -0.05) is 70.6 Å². The Labute approximate surface area is 182 Å². The third-order valence-corrected chi connectivity index (χ3v) is 7.38. The minimum absolute atomic E-state index is 0.119. The van der Waals surface area contributed by atoms with Gasteiger partial charge in [0.05, 0.1) is 24.6 Å². The summed E-state index contributed by atoms with van der Waals surface area (Å²) in [5.41, 5.74) is 2.77. The molecule has 0 aromatic heterocycles. The van der Waals surface area contributed by atoms with Gasteiger partial charge in [0.2, 0.25) is 0 Å². The van der Waals surface area contributed by atoms with Gasteiger partial charge < -0.3 is 0 Å². The van der Waals surface area contributed by atoms with E-state index in [0.29, 0.717) is 11.6 Å². The van der Waals surface area contributed by atoms with Gasteiger partial charge in [0, 0.05) is 10.9 Å². The van der Waals surface area contributed by atoms with E-state index < -0.39 is 16.1 Å². The fraction of sp³-hybridized carbons (Fsp3) is 0.217. The molecule has 0 saturated carbocycles. The molecule has 0 radical (unpaired) electrons. The minimum Gasteiger partial charge on any atom is -0.286 e. The zero-order valence-electron chi connectivity index (χ0n) is 16.8. The summed E-state index contributed by atoms with van der Waals surface area (Å²) >= 11 is 6.10. The maximum Gasteiger partial charge on any atom is 0.258 e. The first-order chi connectivity index (χ1) is 14.4. The van der Waals surface area contributed by atoms with Crippen molar-refractivity contribution in [1.29, 1.82) is 0 Å². The fourth-order valence-corrected chi connectivity index (χ4v) is 5.83. The van der Waals surface area contributed by atoms with Gasteiger partial charge in [-0.25, -0.2) is 8.42 Å². The first-order valence-electron chi connectivity index (χ1n) is 9.65. The molecule has 4 rings (SSSR count). The number of hydroxylamine groups is 1. The van der Waals surface area contributed by atoms with Crippen LogP contribution in [0.25, 0.3) is 0 Å². The van der Waals surface area contributed by atoms with Gasteiger partial charge >= 0.3 is 0 Å². The van der Waals surface area contributed by atoms with Crippen LogP contribution in [0.1, 0.15) is 28.7 Å². The van der Waals surface area contributed by atoms with Gasteiger partial charge in [0.15, 0.2) is 0 Å². The number of hydrazine groups is 1. The summed E-state index contributed by atoms with van der Waals surface area (Å²) in [5.74, 6) is -0.119. The van der Waals surface area contributed by atoms with Crippen LogP contribution in [0.15, 0.2) is 83.8 Å². The number of nitrogens with zero attached hydrogens (tertiary/aromatic N) is 2. The zero-order chi connectivity index (χ0) is 21.3. The number of hydrogen-bond acceptors (Lipinski definition) is 4. The van der Waals surface area contributed by atoms with Crippen LogP contribution >= 0.6 is 11.6 Å². The van der Waals surface area contributed by atoms with E-state index >= 15 is 0 Å². The van der Waals surface area contributed by atoms with E-state index in [4.69, 9.17) is 16.4 Å². The van der Waals surface area contributed by atoms with E-state index in [1.807, 2.05) is 55.5 Å². The van der Waals surface area contributed by atoms with Crippen LogP contribution < -0.4 is 0 Å². The third kappa shape index (κ3) is 3.89. The molecule has 2 atom stereocenters. The molecule has 0 aliphatic carbocycles. The van der Waals surface area contributed by atoms with Crippen molar-refractivity contribution in [2.45, 2.75) is 23.8 Å². The average molecular weight is 443 g/mol. The van der Waals surface area contributed by atoms with Crippen molar-refractivity contribution >= 4 is 21.6 Å². The van der Waals surface area contributed by atoms with Crippen molar-refractivity contribution < 1.29 is 13.3 Å². The van der Waals surface area contributed by atoms with Crippen molar-refractivity contribution in [3.05, 3.63) is 101 Å². The van der Waals surface area contributed by atoms with Crippen molar-refractivity contribution in [2.75, 3.05) is 13.7 Å². The van der Waals surface area contributed by atoms with E-state index in [9.17, 15) is 8.42 Å². The second kappa shape index (κ2) is 8.49. The number of benzene rings is 3. The van der Waals surface area contributed by atoms with Crippen LogP contribution in [0.3, 0.4) is 0 Å². The number of sulfonamides is 1. The first kappa shape index (κ1) is 21.0. The lowest BCUT2D eigenvalue weighted by atomic mass is 9.89. The Hall–Kier alpha value is -2.22. The predicted molar refractivity (Wildman–Crippen MR) is 117 cm³/mol. The summed E-state index contributed by atoms with van der Waals surface area (Å²) in [6.07, 6.45) is 0. The Morgan fingerprint density at radius 2 is 1.63 bits per heavy atom. The molecule has 0 N–H and O–H groups in total. The lowest BCUT2D eigenvalue weighted by Crippen LogP contribution is -2.41. The second-order valence-electron chi connectivity index (χ2n) is 7.32. The van der Waals surface area contributed by atoms with Crippen LogP contribution in [0.5, 0.6) is 0 Å². The van der Waals surface area contributed by atoms with Gasteiger partial charge in [-0.05, 0) is 47.9 Å². The Balaban J connectivity index is 1.88. The Morgan fingerprint density at radius 1 is 0.933 bits per heavy atom. The summed E-state index contributed by atoms with van der Waals surface area (Å²) in [6.45, 7) is 2.28. The van der Waals surface area contributed by atoms with E-state index in [2.05, 4.69) is 0 Å². The average Bonchev–Trinajstić information content (AvgIpc) is 3.15. The molecular weight excluding hydrogens is 420 g/mol. The lowest BCUT2D eigenvalue weighted by Gasteiger charge is -2.30. The van der Waals surface area contributed by atoms with Crippen molar-refractivity contribution in [2.24, 2.45) is 0 Å². The molecule has 2 unspecified atom stereocenters. The molecule has 0 spiro atoms. The highest BCUT2D eigenvalue weighted by atomic mass is 35.5. The van der Waals surface area contributed by atoms with Crippen LogP contribution in [0.2, 0.25) is 5.02 Å². The molecule has 3 aromatic rings. The maximum absolute atomic E-state index is 13.8. The molecule has 1 saturated heterocycles. The Kier molecular flexibility index (Phi) is 5.95. The summed E-state index contributed by atoms with van der Waals surface area (Å²) in [4.78, 5) is 5.78. The zero-order valence-corrected chi connectivity index (χ0v) is 18.3. The van der Waals surface area contributed by atoms with E-state index in [1.165, 1.54) is 16.7 Å². The quantitative estimate of drug-likeness (QED) is 0.560. The smallest absolute Gasteiger partial charge is 0.258 e. The SMILES string of the molecule is CON1CC(c2ccccc2)C(c2ccc(Cl)cc2)N1S(=O)(=O)c1cccc(C)c1. The molecule has 3 aromatic carbocycles. The lowest BCUT2D eigenvalue weighted by molar-refractivity contribution is -0.212. The topological polar surface area (TPSA) is 49.9 Å². The second-order valence-corrected chi connectivity index (χ2v) is 9.56. The van der Waals surface area contributed by atoms with Crippen molar-refractivity contribution in [3.63, 3.8) is 0 Å². The van der Waals surface area contributed by atoms with E-state index in [-0.39, 0.29) is 10.8 Å². The highest BCUT2D eigenvalue weighted by Gasteiger charge is 2.49. The van der Waals surface area contributed by atoms with E-state index in [0.717, 1.165) is 16.7 Å². The molecular formula is C23H23ClN2O3S. The highest BCUT2D eigenvalue weighted by Crippen LogP contribution is 2.46. The van der Waals surface area contributed by atoms with Gasteiger partial charge in [-0.3, -0.25) is 4.84 Å². The number of hydrogen-bond donors (Lipinski definition) is 0. The highest BCUT2D eigenvalue weighted by molar-refractivity contribution is 7.89. The predicted octanol–water partition coefficient (Wildman–Crippen LogP) is 4.96. The van der Waals surface area contributed by atoms with Gasteiger partial charge in [0.25, 0.3) is 10.0 Å². The Bertz CT molecular complexity index is 1120. The van der Waals surface area contributed by atoms with Crippen LogP contribution in [0, 0.1) is 6.92 Å². The number of rotatable bonds is 5. The normalized spacial score (nSPS) is 20.5. The molecule has 0 bridgehead atoms. The summed E-state index contributed by atoms with van der Waals surface area (Å²) in [5, 5.41) is 2.04. The molecule has 156 valence electrons. The molecule has 30 heavy (non-hydrogen) atoms. The van der Waals surface area contributed by atoms with E-state index in [1.54, 1.807) is 30.3 Å². The summed E-state index contributed by atoms with van der Waals surface area (Å²) in [6, 6.07) is 23.7. The minimum atomic E-state index is -3.87. The van der Waals surface area contributed by atoms with Crippen LogP contribution in [0.4, 0.5) is 0 Å². The largest absolute Gasteiger partial charge is 0.286 e. The maximum atomic E-state index is 13.8. The third-order valence-electron chi connectivity index (χ3n) is 5.38. The van der Waals surface area contributed by atoms with Gasteiger partial charge in [-0.2, -0.15) is 0 Å². The fourth-order valence-electron chi connectivity index (χ4n) is 3.96. The molecule has 0 amide bonds. The summed E-state index contributed by atoms with van der Waals surface area (Å²) in [7, 11) is -2.38. The number of aryl methyl sites for hydroxylation is 1. The molecule has 1 fully saturated rings. The monoisotopic (exact) mass is 442 g/mol. The molecule has 1 aliphatic heterocycles. The molecule has 1 heterocycles. The number of halogens is 1. The van der Waals surface area contributed by atoms with Crippen molar-refractivity contribution in [1.82, 2.24) is 9.59 Å². The van der Waals surface area contributed by atoms with Gasteiger partial charge in [-0.15, -0.1) is 5.17 Å². The standard InChI is InChI=1S/C23H23ClN2O3S/c1-17-7-6-10-21(15-17)30(27,28)26-23(19-11-13-20(24)14-12-19)22(16-25(26)29-2)18-8-4-3-5-9-18/h3-15,22-23H,16H2,1-2H3. The van der Waals surface area contributed by atoms with Gasteiger partial charge in [0.1, 0.15) is 0 Å². The first-order valence-corrected chi connectivity index (χ1v) is 11.5. The molecule has 1 aliphatic rings.